The second kappa shape index (κ2) is 8.76. The predicted octanol–water partition coefficient (Wildman–Crippen LogP) is 5.35. The Labute approximate surface area is 190 Å². The van der Waals surface area contributed by atoms with E-state index in [0.717, 1.165) is 0 Å². The van der Waals surface area contributed by atoms with E-state index in [9.17, 15) is 17.6 Å². The summed E-state index contributed by atoms with van der Waals surface area (Å²) in [6.07, 6.45) is 1.46. The van der Waals surface area contributed by atoms with Gasteiger partial charge < -0.3 is 9.88 Å². The number of aryl methyl sites for hydroxylation is 1. The molecule has 0 saturated heterocycles. The van der Waals surface area contributed by atoms with Crippen LogP contribution >= 0.6 is 11.6 Å². The number of rotatable bonds is 6. The zero-order valence-corrected chi connectivity index (χ0v) is 18.8. The minimum Gasteiger partial charge on any atom is -0.337 e. The molecule has 0 aliphatic heterocycles. The van der Waals surface area contributed by atoms with Crippen LogP contribution in [0.2, 0.25) is 5.02 Å². The third kappa shape index (κ3) is 4.54. The molecule has 0 atom stereocenters. The Balaban J connectivity index is 1.64. The molecule has 5 nitrogen and oxygen atoms in total. The summed E-state index contributed by atoms with van der Waals surface area (Å²) >= 11 is 6.16. The molecule has 0 saturated carbocycles. The molecule has 0 bridgehead atoms. The zero-order chi connectivity index (χ0) is 22.9. The first-order chi connectivity index (χ1) is 15.2. The van der Waals surface area contributed by atoms with Crippen LogP contribution in [0.3, 0.4) is 0 Å². The van der Waals surface area contributed by atoms with Gasteiger partial charge in [0.05, 0.1) is 10.6 Å². The standard InChI is InChI=1S/C24H20ClFN2O3S/c1-16-10-11-18(12-21(16)26)27-24(29)14-28-13-23(19-7-3-5-9-22(19)28)32(30,31)15-17-6-2-4-8-20(17)25/h2-13H,14-15H2,1H3,(H,27,29). The van der Waals surface area contributed by atoms with Crippen LogP contribution in [0.25, 0.3) is 10.9 Å². The van der Waals surface area contributed by atoms with Gasteiger partial charge >= 0.3 is 0 Å². The van der Waals surface area contributed by atoms with Crippen molar-refractivity contribution in [2.75, 3.05) is 5.32 Å². The van der Waals surface area contributed by atoms with Gasteiger partial charge in [-0.05, 0) is 42.3 Å². The fraction of sp³-hybridized carbons (Fsp3) is 0.125. The summed E-state index contributed by atoms with van der Waals surface area (Å²) in [4.78, 5) is 12.7. The zero-order valence-electron chi connectivity index (χ0n) is 17.2. The molecule has 32 heavy (non-hydrogen) atoms. The normalized spacial score (nSPS) is 11.6. The molecule has 0 fully saturated rings. The summed E-state index contributed by atoms with van der Waals surface area (Å²) in [5.41, 5.74) is 1.93. The van der Waals surface area contributed by atoms with Crippen molar-refractivity contribution in [3.8, 4) is 0 Å². The molecule has 0 aliphatic carbocycles. The van der Waals surface area contributed by atoms with Gasteiger partial charge in [-0.2, -0.15) is 0 Å². The van der Waals surface area contributed by atoms with Crippen LogP contribution in [-0.2, 0) is 26.9 Å². The Hall–Kier alpha value is -3.16. The molecule has 1 aromatic heterocycles. The SMILES string of the molecule is Cc1ccc(NC(=O)Cn2cc(S(=O)(=O)Cc3ccccc3Cl)c3ccccc32)cc1F. The molecule has 0 unspecified atom stereocenters. The Bertz CT molecular complexity index is 1430. The van der Waals surface area contributed by atoms with Crippen LogP contribution in [0.15, 0.2) is 77.8 Å². The molecule has 4 rings (SSSR count). The van der Waals surface area contributed by atoms with Gasteiger partial charge in [0.1, 0.15) is 12.4 Å². The highest BCUT2D eigenvalue weighted by molar-refractivity contribution is 7.90. The first-order valence-corrected chi connectivity index (χ1v) is 11.9. The number of fused-ring (bicyclic) bond motifs is 1. The van der Waals surface area contributed by atoms with Gasteiger partial charge in [0.25, 0.3) is 0 Å². The number of sulfone groups is 1. The molecular weight excluding hydrogens is 451 g/mol. The Morgan fingerprint density at radius 3 is 2.53 bits per heavy atom. The minimum atomic E-state index is -3.73. The lowest BCUT2D eigenvalue weighted by molar-refractivity contribution is -0.116. The number of aromatic nitrogens is 1. The number of carbonyl (C=O) groups excluding carboxylic acids is 1. The molecule has 8 heteroatoms. The second-order valence-corrected chi connectivity index (χ2v) is 9.87. The average molecular weight is 471 g/mol. The summed E-state index contributed by atoms with van der Waals surface area (Å²) in [5, 5.41) is 3.55. The van der Waals surface area contributed by atoms with E-state index < -0.39 is 21.6 Å². The fourth-order valence-corrected chi connectivity index (χ4v) is 5.41. The van der Waals surface area contributed by atoms with Gasteiger partial charge in [-0.3, -0.25) is 4.79 Å². The van der Waals surface area contributed by atoms with E-state index in [1.807, 2.05) is 0 Å². The lowest BCUT2D eigenvalue weighted by Crippen LogP contribution is -2.18. The maximum atomic E-state index is 13.8. The number of carbonyl (C=O) groups is 1. The second-order valence-electron chi connectivity index (χ2n) is 7.50. The molecule has 1 N–H and O–H groups in total. The number of hydrogen-bond acceptors (Lipinski definition) is 3. The van der Waals surface area contributed by atoms with Crippen LogP contribution in [-0.4, -0.2) is 18.9 Å². The van der Waals surface area contributed by atoms with Crippen molar-refractivity contribution in [1.82, 2.24) is 4.57 Å². The number of anilines is 1. The molecule has 0 spiro atoms. The van der Waals surface area contributed by atoms with E-state index in [-0.39, 0.29) is 17.2 Å². The summed E-state index contributed by atoms with van der Waals surface area (Å²) < 4.78 is 41.8. The lowest BCUT2D eigenvalue weighted by atomic mass is 10.2. The quantitative estimate of drug-likeness (QED) is 0.412. The Kier molecular flexibility index (Phi) is 6.04. The van der Waals surface area contributed by atoms with Gasteiger partial charge in [0.15, 0.2) is 9.84 Å². The summed E-state index contributed by atoms with van der Waals surface area (Å²) in [5.74, 6) is -1.07. The van der Waals surface area contributed by atoms with Crippen LogP contribution in [0.5, 0.6) is 0 Å². The van der Waals surface area contributed by atoms with E-state index in [1.54, 1.807) is 72.2 Å². The van der Waals surface area contributed by atoms with Crippen molar-refractivity contribution in [2.45, 2.75) is 24.1 Å². The number of benzene rings is 3. The Morgan fingerprint density at radius 2 is 1.78 bits per heavy atom. The third-order valence-corrected chi connectivity index (χ3v) is 7.22. The highest BCUT2D eigenvalue weighted by Gasteiger charge is 2.23. The smallest absolute Gasteiger partial charge is 0.244 e. The van der Waals surface area contributed by atoms with Crippen molar-refractivity contribution in [3.63, 3.8) is 0 Å². The molecule has 164 valence electrons. The molecule has 0 radical (unpaired) electrons. The van der Waals surface area contributed by atoms with Gasteiger partial charge in [0.2, 0.25) is 5.91 Å². The van der Waals surface area contributed by atoms with Crippen LogP contribution in [0.1, 0.15) is 11.1 Å². The molecule has 1 heterocycles. The van der Waals surface area contributed by atoms with E-state index in [4.69, 9.17) is 11.6 Å². The van der Waals surface area contributed by atoms with Crippen molar-refractivity contribution >= 4 is 43.9 Å². The fourth-order valence-electron chi connectivity index (χ4n) is 3.52. The van der Waals surface area contributed by atoms with Crippen LogP contribution < -0.4 is 5.32 Å². The first kappa shape index (κ1) is 22.0. The van der Waals surface area contributed by atoms with Gasteiger partial charge in [-0.15, -0.1) is 0 Å². The predicted molar refractivity (Wildman–Crippen MR) is 124 cm³/mol. The van der Waals surface area contributed by atoms with E-state index in [2.05, 4.69) is 5.32 Å². The van der Waals surface area contributed by atoms with Crippen LogP contribution in [0.4, 0.5) is 10.1 Å². The maximum absolute atomic E-state index is 13.8. The number of nitrogens with one attached hydrogen (secondary N) is 1. The van der Waals surface area contributed by atoms with Crippen LogP contribution in [0, 0.1) is 12.7 Å². The Morgan fingerprint density at radius 1 is 1.06 bits per heavy atom. The van der Waals surface area contributed by atoms with Gasteiger partial charge in [-0.25, -0.2) is 12.8 Å². The molecule has 0 aliphatic rings. The molecule has 3 aromatic carbocycles. The summed E-state index contributed by atoms with van der Waals surface area (Å²) in [7, 11) is -3.73. The van der Waals surface area contributed by atoms with Crippen molar-refractivity contribution in [2.24, 2.45) is 0 Å². The highest BCUT2D eigenvalue weighted by atomic mass is 35.5. The minimum absolute atomic E-state index is 0.127. The third-order valence-electron chi connectivity index (χ3n) is 5.16. The molecular formula is C24H20ClFN2O3S. The van der Waals surface area contributed by atoms with Gasteiger partial charge in [0, 0.05) is 27.8 Å². The number of halogens is 2. The van der Waals surface area contributed by atoms with Crippen molar-refractivity contribution < 1.29 is 17.6 Å². The molecule has 1 amide bonds. The number of para-hydroxylation sites is 1. The van der Waals surface area contributed by atoms with E-state index in [1.165, 1.54) is 12.3 Å². The first-order valence-electron chi connectivity index (χ1n) is 9.84. The van der Waals surface area contributed by atoms with E-state index >= 15 is 0 Å². The average Bonchev–Trinajstić information content (AvgIpc) is 3.12. The summed E-state index contributed by atoms with van der Waals surface area (Å²) in [6.45, 7) is 1.51. The highest BCUT2D eigenvalue weighted by Crippen LogP contribution is 2.29. The number of amides is 1. The van der Waals surface area contributed by atoms with E-state index in [0.29, 0.717) is 32.7 Å². The van der Waals surface area contributed by atoms with Gasteiger partial charge in [-0.1, -0.05) is 54.1 Å². The molecule has 4 aromatic rings. The largest absolute Gasteiger partial charge is 0.337 e. The number of nitrogens with zero attached hydrogens (tertiary/aromatic N) is 1. The monoisotopic (exact) mass is 470 g/mol. The topological polar surface area (TPSA) is 68.2 Å². The summed E-state index contributed by atoms with van der Waals surface area (Å²) in [6, 6.07) is 18.2. The van der Waals surface area contributed by atoms with Crippen molar-refractivity contribution in [3.05, 3.63) is 94.9 Å². The van der Waals surface area contributed by atoms with Crippen molar-refractivity contribution in [1.29, 1.82) is 0 Å². The lowest BCUT2D eigenvalue weighted by Gasteiger charge is -2.08. The number of hydrogen-bond donors (Lipinski definition) is 1. The maximum Gasteiger partial charge on any atom is 0.244 e.